The number of nitrogens with zero attached hydrogens (tertiary/aromatic N) is 1. The third-order valence-electron chi connectivity index (χ3n) is 3.95. The Balaban J connectivity index is 1.66. The smallest absolute Gasteiger partial charge is 0.321 e. The van der Waals surface area contributed by atoms with Crippen LogP contribution in [0, 0.1) is 5.92 Å². The quantitative estimate of drug-likeness (QED) is 0.674. The Morgan fingerprint density at radius 3 is 2.67 bits per heavy atom. The molecule has 3 amide bonds. The molecule has 2 fully saturated rings. The minimum atomic E-state index is -0.350. The highest BCUT2D eigenvalue weighted by Gasteiger charge is 2.25. The van der Waals surface area contributed by atoms with E-state index < -0.39 is 0 Å². The number of imide groups is 1. The van der Waals surface area contributed by atoms with Crippen molar-refractivity contribution in [2.45, 2.75) is 51.6 Å². The van der Waals surface area contributed by atoms with Gasteiger partial charge in [0.25, 0.3) is 0 Å². The molecule has 2 rings (SSSR count). The molecule has 0 spiro atoms. The highest BCUT2D eigenvalue weighted by molar-refractivity contribution is 5.95. The largest absolute Gasteiger partial charge is 0.335 e. The molecule has 0 bridgehead atoms. The summed E-state index contributed by atoms with van der Waals surface area (Å²) >= 11 is 0. The van der Waals surface area contributed by atoms with Crippen molar-refractivity contribution in [3.05, 3.63) is 0 Å². The Kier molecular flexibility index (Phi) is 5.99. The zero-order valence-corrected chi connectivity index (χ0v) is 13.2. The molecule has 6 nitrogen and oxygen atoms in total. The van der Waals surface area contributed by atoms with E-state index in [2.05, 4.69) is 34.7 Å². The molecule has 3 N–H and O–H groups in total. The summed E-state index contributed by atoms with van der Waals surface area (Å²) in [6.45, 7) is 7.47. The predicted octanol–water partition coefficient (Wildman–Crippen LogP) is 0.685. The van der Waals surface area contributed by atoms with Crippen molar-refractivity contribution in [3.8, 4) is 0 Å². The molecule has 1 aliphatic heterocycles. The fraction of sp³-hybridized carbons (Fsp3) is 0.867. The van der Waals surface area contributed by atoms with E-state index in [4.69, 9.17) is 0 Å². The first-order valence-electron chi connectivity index (χ1n) is 8.09. The highest BCUT2D eigenvalue weighted by atomic mass is 16.2. The molecular formula is C15H28N4O2. The van der Waals surface area contributed by atoms with E-state index in [1.165, 1.54) is 6.42 Å². The summed E-state index contributed by atoms with van der Waals surface area (Å²) in [6, 6.07) is 0.423. The monoisotopic (exact) mass is 296 g/mol. The molecule has 1 unspecified atom stereocenters. The molecule has 0 aromatic heterocycles. The van der Waals surface area contributed by atoms with E-state index in [1.807, 2.05) is 0 Å². The van der Waals surface area contributed by atoms with Crippen LogP contribution in [0.4, 0.5) is 4.79 Å². The average molecular weight is 296 g/mol. The topological polar surface area (TPSA) is 73.5 Å². The maximum Gasteiger partial charge on any atom is 0.321 e. The van der Waals surface area contributed by atoms with Gasteiger partial charge in [-0.25, -0.2) is 4.79 Å². The Labute approximate surface area is 127 Å². The van der Waals surface area contributed by atoms with Gasteiger partial charge in [0.05, 0.1) is 6.54 Å². The Bertz CT molecular complexity index is 369. The van der Waals surface area contributed by atoms with Crippen molar-refractivity contribution >= 4 is 11.9 Å². The second-order valence-corrected chi connectivity index (χ2v) is 6.60. The molecule has 6 heteroatoms. The number of piperidine rings is 1. The van der Waals surface area contributed by atoms with Crippen LogP contribution >= 0.6 is 0 Å². The van der Waals surface area contributed by atoms with E-state index in [-0.39, 0.29) is 18.0 Å². The van der Waals surface area contributed by atoms with Crippen LogP contribution in [0.15, 0.2) is 0 Å². The summed E-state index contributed by atoms with van der Waals surface area (Å²) in [4.78, 5) is 25.5. The Morgan fingerprint density at radius 1 is 1.24 bits per heavy atom. The van der Waals surface area contributed by atoms with Crippen LogP contribution in [0.1, 0.15) is 39.5 Å². The van der Waals surface area contributed by atoms with Gasteiger partial charge in [0.1, 0.15) is 0 Å². The molecule has 1 atom stereocenters. The third kappa shape index (κ3) is 6.44. The number of amides is 3. The molecule has 120 valence electrons. The van der Waals surface area contributed by atoms with Crippen LogP contribution in [0.3, 0.4) is 0 Å². The van der Waals surface area contributed by atoms with Crippen LogP contribution in [-0.2, 0) is 4.79 Å². The number of urea groups is 1. The lowest BCUT2D eigenvalue weighted by Crippen LogP contribution is -2.48. The fourth-order valence-corrected chi connectivity index (χ4v) is 2.68. The number of rotatable bonds is 6. The van der Waals surface area contributed by atoms with Gasteiger partial charge in [0, 0.05) is 18.6 Å². The molecule has 1 heterocycles. The number of hydrogen-bond donors (Lipinski definition) is 3. The normalized spacial score (nSPS) is 23.1. The number of hydrogen-bond acceptors (Lipinski definition) is 4. The van der Waals surface area contributed by atoms with Gasteiger partial charge < -0.3 is 10.6 Å². The maximum absolute atomic E-state index is 11.9. The minimum Gasteiger partial charge on any atom is -0.335 e. The first-order chi connectivity index (χ1) is 10.0. The van der Waals surface area contributed by atoms with E-state index >= 15 is 0 Å². The van der Waals surface area contributed by atoms with Crippen molar-refractivity contribution in [3.63, 3.8) is 0 Å². The van der Waals surface area contributed by atoms with Crippen molar-refractivity contribution in [2.75, 3.05) is 26.2 Å². The molecular weight excluding hydrogens is 268 g/mol. The lowest BCUT2D eigenvalue weighted by atomic mass is 9.98. The Morgan fingerprint density at radius 2 is 2.00 bits per heavy atom. The SMILES string of the molecule is CC(C)NCC1CCCN(CC(=O)NC(=O)NC2CC2)C1. The van der Waals surface area contributed by atoms with E-state index in [9.17, 15) is 9.59 Å². The van der Waals surface area contributed by atoms with Gasteiger partial charge >= 0.3 is 6.03 Å². The second-order valence-electron chi connectivity index (χ2n) is 6.60. The molecule has 1 saturated carbocycles. The summed E-state index contributed by atoms with van der Waals surface area (Å²) < 4.78 is 0. The number of carbonyl (C=O) groups excluding carboxylic acids is 2. The minimum absolute atomic E-state index is 0.203. The molecule has 0 radical (unpaired) electrons. The maximum atomic E-state index is 11.9. The van der Waals surface area contributed by atoms with Gasteiger partial charge in [-0.15, -0.1) is 0 Å². The van der Waals surface area contributed by atoms with Crippen molar-refractivity contribution in [1.29, 1.82) is 0 Å². The number of likely N-dealkylation sites (tertiary alicyclic amines) is 1. The van der Waals surface area contributed by atoms with Gasteiger partial charge in [-0.1, -0.05) is 13.8 Å². The number of nitrogens with one attached hydrogen (secondary N) is 3. The molecule has 1 saturated heterocycles. The lowest BCUT2D eigenvalue weighted by molar-refractivity contribution is -0.121. The van der Waals surface area contributed by atoms with Gasteiger partial charge in [-0.05, 0) is 44.7 Å². The summed E-state index contributed by atoms with van der Waals surface area (Å²) in [7, 11) is 0. The summed E-state index contributed by atoms with van der Waals surface area (Å²) in [5.41, 5.74) is 0. The number of carbonyl (C=O) groups is 2. The van der Waals surface area contributed by atoms with Crippen molar-refractivity contribution < 1.29 is 9.59 Å². The van der Waals surface area contributed by atoms with E-state index in [0.29, 0.717) is 18.5 Å². The second kappa shape index (κ2) is 7.75. The van der Waals surface area contributed by atoms with Gasteiger partial charge in [0.2, 0.25) is 5.91 Å². The van der Waals surface area contributed by atoms with Crippen LogP contribution in [-0.4, -0.2) is 55.1 Å². The van der Waals surface area contributed by atoms with E-state index in [1.54, 1.807) is 0 Å². The first kappa shape index (κ1) is 16.2. The fourth-order valence-electron chi connectivity index (χ4n) is 2.68. The Hall–Kier alpha value is -1.14. The van der Waals surface area contributed by atoms with Gasteiger partial charge in [0.15, 0.2) is 0 Å². The van der Waals surface area contributed by atoms with Crippen molar-refractivity contribution in [2.24, 2.45) is 5.92 Å². The molecule has 0 aromatic carbocycles. The average Bonchev–Trinajstić information content (AvgIpc) is 3.20. The van der Waals surface area contributed by atoms with Gasteiger partial charge in [-0.2, -0.15) is 0 Å². The molecule has 21 heavy (non-hydrogen) atoms. The zero-order valence-electron chi connectivity index (χ0n) is 13.2. The van der Waals surface area contributed by atoms with Crippen LogP contribution in [0.25, 0.3) is 0 Å². The van der Waals surface area contributed by atoms with Crippen LogP contribution in [0.2, 0.25) is 0 Å². The lowest BCUT2D eigenvalue weighted by Gasteiger charge is -2.32. The predicted molar refractivity (Wildman–Crippen MR) is 82.0 cm³/mol. The zero-order chi connectivity index (χ0) is 15.2. The summed E-state index contributed by atoms with van der Waals surface area (Å²) in [6.07, 6.45) is 4.38. The van der Waals surface area contributed by atoms with Crippen LogP contribution < -0.4 is 16.0 Å². The molecule has 0 aromatic rings. The molecule has 2 aliphatic rings. The summed E-state index contributed by atoms with van der Waals surface area (Å²) in [5, 5.41) is 8.64. The van der Waals surface area contributed by atoms with Gasteiger partial charge in [-0.3, -0.25) is 15.0 Å². The standard InChI is InChI=1S/C15H28N4O2/c1-11(2)16-8-12-4-3-7-19(9-12)10-14(20)18-15(21)17-13-5-6-13/h11-13,16H,3-10H2,1-2H3,(H2,17,18,20,21). The summed E-state index contributed by atoms with van der Waals surface area (Å²) in [5.74, 6) is 0.389. The van der Waals surface area contributed by atoms with Crippen molar-refractivity contribution in [1.82, 2.24) is 20.9 Å². The molecule has 1 aliphatic carbocycles. The first-order valence-corrected chi connectivity index (χ1v) is 8.09. The highest BCUT2D eigenvalue weighted by Crippen LogP contribution is 2.18. The third-order valence-corrected chi connectivity index (χ3v) is 3.95. The van der Waals surface area contributed by atoms with E-state index in [0.717, 1.165) is 38.9 Å². The van der Waals surface area contributed by atoms with Crippen LogP contribution in [0.5, 0.6) is 0 Å².